The van der Waals surface area contributed by atoms with Crippen molar-refractivity contribution in [3.8, 4) is 5.69 Å². The molecule has 0 atom stereocenters. The average molecular weight is 536 g/mol. The van der Waals surface area contributed by atoms with Gasteiger partial charge in [-0.25, -0.2) is 0 Å². The van der Waals surface area contributed by atoms with E-state index in [9.17, 15) is 4.79 Å². The van der Waals surface area contributed by atoms with Crippen molar-refractivity contribution < 1.29 is 4.79 Å². The number of anilines is 1. The molecule has 0 bridgehead atoms. The van der Waals surface area contributed by atoms with E-state index in [2.05, 4.69) is 87.8 Å². The number of nitrogens with zero attached hydrogens (tertiary/aromatic N) is 3. The van der Waals surface area contributed by atoms with Crippen molar-refractivity contribution in [1.29, 1.82) is 0 Å². The first kappa shape index (κ1) is 24.2. The number of carbonyl (C=O) groups excluding carboxylic acids is 1. The second kappa shape index (κ2) is 11.0. The van der Waals surface area contributed by atoms with Gasteiger partial charge < -0.3 is 5.32 Å². The molecule has 0 radical (unpaired) electrons. The van der Waals surface area contributed by atoms with Gasteiger partial charge in [0.05, 0.1) is 5.75 Å². The van der Waals surface area contributed by atoms with Crippen LogP contribution in [-0.4, -0.2) is 26.4 Å². The molecule has 174 valence electrons. The second-order valence-electron chi connectivity index (χ2n) is 8.18. The van der Waals surface area contributed by atoms with Crippen LogP contribution in [0, 0.1) is 13.8 Å². The molecule has 0 fully saturated rings. The van der Waals surface area contributed by atoms with Gasteiger partial charge in [-0.15, -0.1) is 10.2 Å². The van der Waals surface area contributed by atoms with Gasteiger partial charge in [-0.05, 0) is 61.2 Å². The second-order valence-corrected chi connectivity index (χ2v) is 10.0. The molecule has 0 saturated carbocycles. The normalized spacial score (nSPS) is 10.9. The highest BCUT2D eigenvalue weighted by Crippen LogP contribution is 2.28. The van der Waals surface area contributed by atoms with Gasteiger partial charge in [-0.1, -0.05) is 82.6 Å². The largest absolute Gasteiger partial charge is 0.325 e. The van der Waals surface area contributed by atoms with Crippen molar-refractivity contribution in [2.45, 2.75) is 38.8 Å². The van der Waals surface area contributed by atoms with Crippen molar-refractivity contribution in [3.05, 3.63) is 99.3 Å². The quantitative estimate of drug-likeness (QED) is 0.261. The van der Waals surface area contributed by atoms with Crippen LogP contribution in [0.5, 0.6) is 0 Å². The molecule has 7 heteroatoms. The molecule has 1 amide bonds. The molecule has 0 aliphatic carbocycles. The maximum Gasteiger partial charge on any atom is 0.234 e. The molecule has 5 nitrogen and oxygen atoms in total. The van der Waals surface area contributed by atoms with Gasteiger partial charge in [0.2, 0.25) is 5.91 Å². The number of amides is 1. The molecular formula is C27H27BrN4OS. The lowest BCUT2D eigenvalue weighted by atomic mass is 10.1. The summed E-state index contributed by atoms with van der Waals surface area (Å²) in [5.74, 6) is 1.02. The zero-order valence-corrected chi connectivity index (χ0v) is 21.9. The fraction of sp³-hybridized carbons (Fsp3) is 0.222. The van der Waals surface area contributed by atoms with Crippen LogP contribution in [0.4, 0.5) is 5.69 Å². The Kier molecular flexibility index (Phi) is 7.85. The van der Waals surface area contributed by atoms with Crippen LogP contribution >= 0.6 is 27.7 Å². The van der Waals surface area contributed by atoms with Gasteiger partial charge in [-0.3, -0.25) is 9.36 Å². The highest BCUT2D eigenvalue weighted by molar-refractivity contribution is 9.10. The third-order valence-electron chi connectivity index (χ3n) is 5.56. The Morgan fingerprint density at radius 2 is 1.76 bits per heavy atom. The zero-order valence-electron chi connectivity index (χ0n) is 19.5. The number of halogens is 1. The van der Waals surface area contributed by atoms with Crippen molar-refractivity contribution >= 4 is 39.3 Å². The minimum atomic E-state index is -0.0619. The molecule has 0 aliphatic rings. The van der Waals surface area contributed by atoms with Crippen LogP contribution in [0.2, 0.25) is 0 Å². The van der Waals surface area contributed by atoms with E-state index in [1.807, 2.05) is 35.8 Å². The summed E-state index contributed by atoms with van der Waals surface area (Å²) in [5, 5.41) is 12.7. The molecule has 4 aromatic rings. The Morgan fingerprint density at radius 1 is 1.03 bits per heavy atom. The standard InChI is InChI=1S/C27H27BrN4OS/c1-4-21-16-22(28)14-19(3)26(21)29-25(33)17-34-27-31-30-24(15-20-8-6-5-7-9-20)32(27)23-12-10-18(2)11-13-23/h5-14,16H,4,15,17H2,1-3H3,(H,29,33). The van der Waals surface area contributed by atoms with Crippen molar-refractivity contribution in [1.82, 2.24) is 14.8 Å². The van der Waals surface area contributed by atoms with E-state index < -0.39 is 0 Å². The summed E-state index contributed by atoms with van der Waals surface area (Å²) in [5.41, 5.74) is 6.38. The van der Waals surface area contributed by atoms with Crippen LogP contribution < -0.4 is 5.32 Å². The molecule has 0 aliphatic heterocycles. The summed E-state index contributed by atoms with van der Waals surface area (Å²) >= 11 is 4.94. The van der Waals surface area contributed by atoms with Gasteiger partial charge in [0.1, 0.15) is 5.82 Å². The fourth-order valence-electron chi connectivity index (χ4n) is 3.82. The van der Waals surface area contributed by atoms with Crippen LogP contribution in [0.15, 0.2) is 76.4 Å². The third-order valence-corrected chi connectivity index (χ3v) is 6.94. The van der Waals surface area contributed by atoms with Crippen molar-refractivity contribution in [2.75, 3.05) is 11.1 Å². The monoisotopic (exact) mass is 534 g/mol. The Morgan fingerprint density at radius 3 is 2.47 bits per heavy atom. The Bertz CT molecular complexity index is 1290. The number of carbonyl (C=O) groups is 1. The number of benzene rings is 3. The van der Waals surface area contributed by atoms with Crippen LogP contribution in [0.1, 0.15) is 35.0 Å². The lowest BCUT2D eigenvalue weighted by Gasteiger charge is -2.14. The van der Waals surface area contributed by atoms with Gasteiger partial charge >= 0.3 is 0 Å². The molecule has 1 N–H and O–H groups in total. The predicted molar refractivity (Wildman–Crippen MR) is 143 cm³/mol. The van der Waals surface area contributed by atoms with E-state index in [1.54, 1.807) is 0 Å². The number of aryl methyl sites for hydroxylation is 3. The lowest BCUT2D eigenvalue weighted by Crippen LogP contribution is -2.17. The first-order valence-electron chi connectivity index (χ1n) is 11.2. The summed E-state index contributed by atoms with van der Waals surface area (Å²) in [6.07, 6.45) is 1.50. The molecule has 1 aromatic heterocycles. The minimum Gasteiger partial charge on any atom is -0.325 e. The Hall–Kier alpha value is -2.90. The highest BCUT2D eigenvalue weighted by Gasteiger charge is 2.17. The van der Waals surface area contributed by atoms with Gasteiger partial charge in [-0.2, -0.15) is 0 Å². The fourth-order valence-corrected chi connectivity index (χ4v) is 5.21. The summed E-state index contributed by atoms with van der Waals surface area (Å²) in [6.45, 7) is 6.16. The van der Waals surface area contributed by atoms with E-state index in [4.69, 9.17) is 0 Å². The van der Waals surface area contributed by atoms with E-state index in [0.717, 1.165) is 44.8 Å². The number of hydrogen-bond acceptors (Lipinski definition) is 4. The molecule has 3 aromatic carbocycles. The first-order chi connectivity index (χ1) is 16.4. The summed E-state index contributed by atoms with van der Waals surface area (Å²) < 4.78 is 3.07. The highest BCUT2D eigenvalue weighted by atomic mass is 79.9. The van der Waals surface area contributed by atoms with E-state index in [-0.39, 0.29) is 11.7 Å². The summed E-state index contributed by atoms with van der Waals surface area (Å²) in [4.78, 5) is 12.9. The number of rotatable bonds is 8. The van der Waals surface area contributed by atoms with Gasteiger partial charge in [0, 0.05) is 22.3 Å². The lowest BCUT2D eigenvalue weighted by molar-refractivity contribution is -0.113. The zero-order chi connectivity index (χ0) is 24.1. The summed E-state index contributed by atoms with van der Waals surface area (Å²) in [7, 11) is 0. The maximum atomic E-state index is 12.9. The van der Waals surface area contributed by atoms with Crippen molar-refractivity contribution in [3.63, 3.8) is 0 Å². The van der Waals surface area contributed by atoms with Gasteiger partial charge in [0.25, 0.3) is 0 Å². The molecule has 0 unspecified atom stereocenters. The third kappa shape index (κ3) is 5.77. The molecule has 1 heterocycles. The van der Waals surface area contributed by atoms with E-state index in [1.165, 1.54) is 17.3 Å². The average Bonchev–Trinajstić information content (AvgIpc) is 3.22. The Balaban J connectivity index is 1.56. The smallest absolute Gasteiger partial charge is 0.234 e. The SMILES string of the molecule is CCc1cc(Br)cc(C)c1NC(=O)CSc1nnc(Cc2ccccc2)n1-c1ccc(C)cc1. The van der Waals surface area contributed by atoms with Crippen LogP contribution in [-0.2, 0) is 17.6 Å². The maximum absolute atomic E-state index is 12.9. The van der Waals surface area contributed by atoms with Gasteiger partial charge in [0.15, 0.2) is 5.16 Å². The topological polar surface area (TPSA) is 59.8 Å². The molecule has 0 saturated heterocycles. The van der Waals surface area contributed by atoms with Crippen LogP contribution in [0.3, 0.4) is 0 Å². The predicted octanol–water partition coefficient (Wildman–Crippen LogP) is 6.53. The molecule has 34 heavy (non-hydrogen) atoms. The number of thioether (sulfide) groups is 1. The Labute approximate surface area is 213 Å². The molecule has 4 rings (SSSR count). The number of nitrogens with one attached hydrogen (secondary N) is 1. The van der Waals surface area contributed by atoms with Crippen molar-refractivity contribution in [2.24, 2.45) is 0 Å². The minimum absolute atomic E-state index is 0.0619. The molecular weight excluding hydrogens is 508 g/mol. The van der Waals surface area contributed by atoms with E-state index >= 15 is 0 Å². The number of aromatic nitrogens is 3. The van der Waals surface area contributed by atoms with E-state index in [0.29, 0.717) is 11.6 Å². The number of hydrogen-bond donors (Lipinski definition) is 1. The van der Waals surface area contributed by atoms with Crippen LogP contribution in [0.25, 0.3) is 5.69 Å². The summed E-state index contributed by atoms with van der Waals surface area (Å²) in [6, 6.07) is 22.6. The first-order valence-corrected chi connectivity index (χ1v) is 13.0. The molecule has 0 spiro atoms.